The number of benzene rings is 2. The lowest BCUT2D eigenvalue weighted by atomic mass is 10.1. The average molecular weight is 286 g/mol. The molecule has 0 aromatic heterocycles. The van der Waals surface area contributed by atoms with Crippen LogP contribution in [0.3, 0.4) is 0 Å². The summed E-state index contributed by atoms with van der Waals surface area (Å²) in [5.74, 6) is -0.147. The molecule has 2 aromatic carbocycles. The predicted molar refractivity (Wildman–Crippen MR) is 87.2 cm³/mol. The largest absolute Gasteiger partial charge is 0.370 e. The van der Waals surface area contributed by atoms with Crippen molar-refractivity contribution < 1.29 is 4.39 Å². The summed E-state index contributed by atoms with van der Waals surface area (Å²) in [6.07, 6.45) is 0. The minimum Gasteiger partial charge on any atom is -0.370 e. The molecule has 0 saturated heterocycles. The van der Waals surface area contributed by atoms with E-state index in [1.54, 1.807) is 6.07 Å². The number of hydrogen-bond acceptors (Lipinski definition) is 2. The molecule has 0 aliphatic heterocycles. The van der Waals surface area contributed by atoms with Crippen molar-refractivity contribution in [1.82, 2.24) is 5.32 Å². The minimum absolute atomic E-state index is 0.147. The van der Waals surface area contributed by atoms with Crippen molar-refractivity contribution in [2.75, 3.05) is 19.0 Å². The van der Waals surface area contributed by atoms with Crippen molar-refractivity contribution in [1.29, 1.82) is 0 Å². The molecule has 0 saturated carbocycles. The molecule has 0 atom stereocenters. The Morgan fingerprint density at radius 2 is 1.86 bits per heavy atom. The van der Waals surface area contributed by atoms with E-state index in [0.717, 1.165) is 23.4 Å². The van der Waals surface area contributed by atoms with Crippen LogP contribution in [0.5, 0.6) is 0 Å². The van der Waals surface area contributed by atoms with Crippen LogP contribution < -0.4 is 10.2 Å². The van der Waals surface area contributed by atoms with Gasteiger partial charge in [-0.2, -0.15) is 0 Å². The van der Waals surface area contributed by atoms with Gasteiger partial charge in [0.1, 0.15) is 5.82 Å². The highest BCUT2D eigenvalue weighted by Gasteiger charge is 2.09. The van der Waals surface area contributed by atoms with Crippen LogP contribution in [0.15, 0.2) is 36.4 Å². The molecule has 3 heteroatoms. The zero-order valence-corrected chi connectivity index (χ0v) is 13.2. The van der Waals surface area contributed by atoms with Crippen molar-refractivity contribution in [2.24, 2.45) is 0 Å². The molecule has 21 heavy (non-hydrogen) atoms. The Labute approximate surface area is 126 Å². The third-order valence-electron chi connectivity index (χ3n) is 3.66. The smallest absolute Gasteiger partial charge is 0.128 e. The topological polar surface area (TPSA) is 15.3 Å². The molecule has 112 valence electrons. The highest BCUT2D eigenvalue weighted by molar-refractivity contribution is 5.54. The molecule has 0 radical (unpaired) electrons. The first-order valence-electron chi connectivity index (χ1n) is 7.21. The second-order valence-corrected chi connectivity index (χ2v) is 5.60. The van der Waals surface area contributed by atoms with Crippen LogP contribution in [-0.2, 0) is 13.1 Å². The molecule has 0 fully saturated rings. The first-order valence-corrected chi connectivity index (χ1v) is 7.21. The summed E-state index contributed by atoms with van der Waals surface area (Å²) in [6.45, 7) is 5.48. The van der Waals surface area contributed by atoms with Gasteiger partial charge in [0.05, 0.1) is 0 Å². The molecule has 2 rings (SSSR count). The quantitative estimate of drug-likeness (QED) is 0.899. The summed E-state index contributed by atoms with van der Waals surface area (Å²) in [4.78, 5) is 2.09. The molecule has 0 heterocycles. The van der Waals surface area contributed by atoms with Crippen molar-refractivity contribution in [2.45, 2.75) is 26.9 Å². The average Bonchev–Trinajstić information content (AvgIpc) is 2.42. The third-order valence-corrected chi connectivity index (χ3v) is 3.66. The van der Waals surface area contributed by atoms with E-state index < -0.39 is 0 Å². The van der Waals surface area contributed by atoms with Gasteiger partial charge in [-0.25, -0.2) is 4.39 Å². The predicted octanol–water partition coefficient (Wildman–Crippen LogP) is 3.80. The van der Waals surface area contributed by atoms with Gasteiger partial charge >= 0.3 is 0 Å². The summed E-state index contributed by atoms with van der Waals surface area (Å²) in [7, 11) is 3.90. The van der Waals surface area contributed by atoms with Crippen LogP contribution in [0.4, 0.5) is 10.1 Å². The van der Waals surface area contributed by atoms with E-state index in [-0.39, 0.29) is 5.82 Å². The van der Waals surface area contributed by atoms with Crippen molar-refractivity contribution >= 4 is 5.69 Å². The van der Waals surface area contributed by atoms with Gasteiger partial charge in [-0.3, -0.25) is 0 Å². The molecule has 2 nitrogen and oxygen atoms in total. The van der Waals surface area contributed by atoms with Gasteiger partial charge in [-0.05, 0) is 50.2 Å². The Kier molecular flexibility index (Phi) is 4.97. The van der Waals surface area contributed by atoms with Gasteiger partial charge in [-0.15, -0.1) is 0 Å². The normalized spacial score (nSPS) is 10.7. The summed E-state index contributed by atoms with van der Waals surface area (Å²) >= 11 is 0. The van der Waals surface area contributed by atoms with Crippen molar-refractivity contribution in [3.05, 3.63) is 64.5 Å². The van der Waals surface area contributed by atoms with E-state index in [2.05, 4.69) is 42.3 Å². The van der Waals surface area contributed by atoms with Crippen LogP contribution in [0, 0.1) is 19.7 Å². The molecule has 0 amide bonds. The van der Waals surface area contributed by atoms with E-state index in [1.165, 1.54) is 11.1 Å². The lowest BCUT2D eigenvalue weighted by Gasteiger charge is -2.22. The number of anilines is 1. The second-order valence-electron chi connectivity index (χ2n) is 5.60. The van der Waals surface area contributed by atoms with Gasteiger partial charge in [0.25, 0.3) is 0 Å². The molecule has 0 aliphatic carbocycles. The fraction of sp³-hybridized carbons (Fsp3) is 0.333. The third kappa shape index (κ3) is 3.82. The lowest BCUT2D eigenvalue weighted by Crippen LogP contribution is -2.18. The molecule has 0 aliphatic rings. The van der Waals surface area contributed by atoms with Crippen LogP contribution >= 0.6 is 0 Å². The van der Waals surface area contributed by atoms with E-state index in [0.29, 0.717) is 6.54 Å². The Balaban J connectivity index is 2.22. The SMILES string of the molecule is CNCc1ccc(F)c(CN(C)c2ccc(C)cc2C)c1. The maximum atomic E-state index is 14.0. The Morgan fingerprint density at radius 3 is 2.52 bits per heavy atom. The monoisotopic (exact) mass is 286 g/mol. The van der Waals surface area contributed by atoms with E-state index in [9.17, 15) is 4.39 Å². The van der Waals surface area contributed by atoms with Gasteiger partial charge in [0.2, 0.25) is 0 Å². The Bertz CT molecular complexity index is 623. The maximum Gasteiger partial charge on any atom is 0.128 e. The van der Waals surface area contributed by atoms with E-state index in [1.807, 2.05) is 26.2 Å². The molecule has 0 spiro atoms. The first kappa shape index (κ1) is 15.5. The fourth-order valence-corrected chi connectivity index (χ4v) is 2.64. The van der Waals surface area contributed by atoms with Gasteiger partial charge in [0.15, 0.2) is 0 Å². The number of hydrogen-bond donors (Lipinski definition) is 1. The first-order chi connectivity index (χ1) is 10.0. The lowest BCUT2D eigenvalue weighted by molar-refractivity contribution is 0.606. The number of aryl methyl sites for hydroxylation is 2. The Morgan fingerprint density at radius 1 is 1.10 bits per heavy atom. The highest BCUT2D eigenvalue weighted by Crippen LogP contribution is 2.22. The Hall–Kier alpha value is -1.87. The minimum atomic E-state index is -0.147. The number of nitrogens with one attached hydrogen (secondary N) is 1. The zero-order valence-electron chi connectivity index (χ0n) is 13.2. The van der Waals surface area contributed by atoms with Crippen LogP contribution in [0.1, 0.15) is 22.3 Å². The van der Waals surface area contributed by atoms with Crippen molar-refractivity contribution in [3.8, 4) is 0 Å². The summed E-state index contributed by atoms with van der Waals surface area (Å²) < 4.78 is 14.0. The van der Waals surface area contributed by atoms with Gasteiger partial charge in [0, 0.05) is 31.4 Å². The molecular formula is C18H23FN2. The second kappa shape index (κ2) is 6.72. The van der Waals surface area contributed by atoms with E-state index >= 15 is 0 Å². The van der Waals surface area contributed by atoms with Gasteiger partial charge < -0.3 is 10.2 Å². The fourth-order valence-electron chi connectivity index (χ4n) is 2.64. The van der Waals surface area contributed by atoms with E-state index in [4.69, 9.17) is 0 Å². The molecule has 0 bridgehead atoms. The zero-order chi connectivity index (χ0) is 15.4. The maximum absolute atomic E-state index is 14.0. The van der Waals surface area contributed by atoms with Gasteiger partial charge in [-0.1, -0.05) is 23.8 Å². The number of rotatable bonds is 5. The number of halogens is 1. The summed E-state index contributed by atoms with van der Waals surface area (Å²) in [5, 5.41) is 3.09. The molecule has 2 aromatic rings. The summed E-state index contributed by atoms with van der Waals surface area (Å²) in [6, 6.07) is 11.7. The summed E-state index contributed by atoms with van der Waals surface area (Å²) in [5.41, 5.74) is 5.42. The molecular weight excluding hydrogens is 263 g/mol. The molecule has 1 N–H and O–H groups in total. The van der Waals surface area contributed by atoms with Crippen LogP contribution in [0.25, 0.3) is 0 Å². The van der Waals surface area contributed by atoms with Crippen molar-refractivity contribution in [3.63, 3.8) is 0 Å². The number of nitrogens with zero attached hydrogens (tertiary/aromatic N) is 1. The van der Waals surface area contributed by atoms with Crippen LogP contribution in [0.2, 0.25) is 0 Å². The standard InChI is InChI=1S/C18H23FN2/c1-13-5-8-18(14(2)9-13)21(4)12-16-10-15(11-20-3)6-7-17(16)19/h5-10,20H,11-12H2,1-4H3. The highest BCUT2D eigenvalue weighted by atomic mass is 19.1. The molecule has 0 unspecified atom stereocenters. The van der Waals surface area contributed by atoms with Crippen LogP contribution in [-0.4, -0.2) is 14.1 Å².